The van der Waals surface area contributed by atoms with Crippen LogP contribution in [0.15, 0.2) is 47.2 Å². The van der Waals surface area contributed by atoms with E-state index in [4.69, 9.17) is 0 Å². The summed E-state index contributed by atoms with van der Waals surface area (Å²) in [6, 6.07) is 9.85. The normalized spacial score (nSPS) is 12.1. The van der Waals surface area contributed by atoms with E-state index in [1.807, 2.05) is 29.8 Å². The molecule has 3 nitrogen and oxygen atoms in total. The maximum absolute atomic E-state index is 13.2. The van der Waals surface area contributed by atoms with E-state index in [0.29, 0.717) is 0 Å². The maximum atomic E-state index is 13.2. The highest BCUT2D eigenvalue weighted by molar-refractivity contribution is 7.10. The first-order chi connectivity index (χ1) is 11.1. The molecule has 0 saturated carbocycles. The van der Waals surface area contributed by atoms with Crippen LogP contribution in [0.25, 0.3) is 0 Å². The molecule has 23 heavy (non-hydrogen) atoms. The standard InChI is InChI=1S/C17H15FN2OS2/c1-11-19-14(10-23-11)9-16(21)20-17(15-3-2-8-22-15)12-4-6-13(18)7-5-12/h2-8,10,17H,9H2,1H3,(H,20,21). The number of aryl methyl sites for hydroxylation is 1. The Morgan fingerprint density at radius 3 is 2.65 bits per heavy atom. The van der Waals surface area contributed by atoms with Crippen molar-refractivity contribution in [2.24, 2.45) is 0 Å². The molecule has 0 saturated heterocycles. The van der Waals surface area contributed by atoms with Crippen LogP contribution in [-0.4, -0.2) is 10.9 Å². The monoisotopic (exact) mass is 346 g/mol. The number of carbonyl (C=O) groups excluding carboxylic acids is 1. The van der Waals surface area contributed by atoms with Gasteiger partial charge in [0.2, 0.25) is 5.91 Å². The molecule has 0 spiro atoms. The molecule has 0 radical (unpaired) electrons. The molecule has 0 bridgehead atoms. The van der Waals surface area contributed by atoms with Crippen molar-refractivity contribution >= 4 is 28.6 Å². The van der Waals surface area contributed by atoms with Crippen LogP contribution in [0, 0.1) is 12.7 Å². The molecule has 2 heterocycles. The molecule has 1 amide bonds. The Morgan fingerprint density at radius 2 is 2.04 bits per heavy atom. The lowest BCUT2D eigenvalue weighted by atomic mass is 10.0. The number of aromatic nitrogens is 1. The predicted octanol–water partition coefficient (Wildman–Crippen LogP) is 4.10. The number of amides is 1. The molecule has 0 aliphatic heterocycles. The molecule has 3 rings (SSSR count). The van der Waals surface area contributed by atoms with Crippen LogP contribution in [-0.2, 0) is 11.2 Å². The van der Waals surface area contributed by atoms with Gasteiger partial charge in [0.05, 0.1) is 23.2 Å². The third kappa shape index (κ3) is 4.03. The van der Waals surface area contributed by atoms with Gasteiger partial charge in [0.25, 0.3) is 0 Å². The van der Waals surface area contributed by atoms with Crippen molar-refractivity contribution in [3.63, 3.8) is 0 Å². The Balaban J connectivity index is 1.78. The summed E-state index contributed by atoms with van der Waals surface area (Å²) in [7, 11) is 0. The van der Waals surface area contributed by atoms with Crippen LogP contribution in [0.5, 0.6) is 0 Å². The highest BCUT2D eigenvalue weighted by Gasteiger charge is 2.18. The average Bonchev–Trinajstić information content (AvgIpc) is 3.18. The molecule has 6 heteroatoms. The van der Waals surface area contributed by atoms with Gasteiger partial charge in [-0.25, -0.2) is 9.37 Å². The van der Waals surface area contributed by atoms with Crippen molar-refractivity contribution in [2.45, 2.75) is 19.4 Å². The van der Waals surface area contributed by atoms with E-state index in [2.05, 4.69) is 10.3 Å². The number of hydrogen-bond acceptors (Lipinski definition) is 4. The minimum absolute atomic E-state index is 0.0991. The number of benzene rings is 1. The predicted molar refractivity (Wildman–Crippen MR) is 91.3 cm³/mol. The summed E-state index contributed by atoms with van der Waals surface area (Å²) in [5.41, 5.74) is 1.63. The molecule has 1 unspecified atom stereocenters. The molecule has 1 aromatic carbocycles. The zero-order valence-corrected chi connectivity index (χ0v) is 14.1. The summed E-state index contributed by atoms with van der Waals surface area (Å²) in [5, 5.41) is 7.83. The summed E-state index contributed by atoms with van der Waals surface area (Å²) in [6.07, 6.45) is 0.243. The molecule has 118 valence electrons. The van der Waals surface area contributed by atoms with Crippen LogP contribution < -0.4 is 5.32 Å². The topological polar surface area (TPSA) is 42.0 Å². The summed E-state index contributed by atoms with van der Waals surface area (Å²) < 4.78 is 13.2. The van der Waals surface area contributed by atoms with Crippen molar-refractivity contribution in [3.05, 3.63) is 74.1 Å². The van der Waals surface area contributed by atoms with Gasteiger partial charge in [-0.05, 0) is 36.1 Å². The largest absolute Gasteiger partial charge is 0.344 e. The van der Waals surface area contributed by atoms with E-state index in [1.165, 1.54) is 23.5 Å². The van der Waals surface area contributed by atoms with Gasteiger partial charge in [-0.15, -0.1) is 22.7 Å². The van der Waals surface area contributed by atoms with Crippen molar-refractivity contribution in [2.75, 3.05) is 0 Å². The number of nitrogens with zero attached hydrogens (tertiary/aromatic N) is 1. The average molecular weight is 346 g/mol. The number of halogens is 1. The van der Waals surface area contributed by atoms with Crippen molar-refractivity contribution in [1.29, 1.82) is 0 Å². The number of thiophene rings is 1. The lowest BCUT2D eigenvalue weighted by Gasteiger charge is -2.18. The zero-order valence-electron chi connectivity index (χ0n) is 12.5. The molecule has 2 aromatic heterocycles. The first kappa shape index (κ1) is 15.8. The van der Waals surface area contributed by atoms with E-state index in [9.17, 15) is 9.18 Å². The second-order valence-electron chi connectivity index (χ2n) is 5.10. The van der Waals surface area contributed by atoms with Crippen LogP contribution in [0.3, 0.4) is 0 Å². The molecule has 0 aliphatic carbocycles. The van der Waals surface area contributed by atoms with Crippen LogP contribution in [0.1, 0.15) is 27.2 Å². The second kappa shape index (κ2) is 7.02. The van der Waals surface area contributed by atoms with Gasteiger partial charge >= 0.3 is 0 Å². The van der Waals surface area contributed by atoms with Gasteiger partial charge < -0.3 is 5.32 Å². The Hall–Kier alpha value is -2.05. The minimum Gasteiger partial charge on any atom is -0.344 e. The van der Waals surface area contributed by atoms with Gasteiger partial charge in [-0.2, -0.15) is 0 Å². The SMILES string of the molecule is Cc1nc(CC(=O)NC(c2ccc(F)cc2)c2cccs2)cs1. The fraction of sp³-hybridized carbons (Fsp3) is 0.176. The summed E-state index contributed by atoms with van der Waals surface area (Å²) in [6.45, 7) is 1.92. The van der Waals surface area contributed by atoms with E-state index in [0.717, 1.165) is 21.1 Å². The number of carbonyl (C=O) groups is 1. The van der Waals surface area contributed by atoms with Gasteiger partial charge in [0.1, 0.15) is 5.82 Å². The smallest absolute Gasteiger partial charge is 0.226 e. The summed E-state index contributed by atoms with van der Waals surface area (Å²) >= 11 is 3.09. The van der Waals surface area contributed by atoms with E-state index in [-0.39, 0.29) is 24.2 Å². The lowest BCUT2D eigenvalue weighted by molar-refractivity contribution is -0.120. The molecule has 0 aliphatic rings. The van der Waals surface area contributed by atoms with E-state index >= 15 is 0 Å². The van der Waals surface area contributed by atoms with Crippen molar-refractivity contribution in [3.8, 4) is 0 Å². The Morgan fingerprint density at radius 1 is 1.26 bits per heavy atom. The number of nitrogens with one attached hydrogen (secondary N) is 1. The molecule has 1 N–H and O–H groups in total. The van der Waals surface area contributed by atoms with Crippen LogP contribution >= 0.6 is 22.7 Å². The molecule has 0 fully saturated rings. The number of hydrogen-bond donors (Lipinski definition) is 1. The minimum atomic E-state index is -0.289. The van der Waals surface area contributed by atoms with Crippen molar-refractivity contribution in [1.82, 2.24) is 10.3 Å². The maximum Gasteiger partial charge on any atom is 0.226 e. The van der Waals surface area contributed by atoms with Crippen molar-refractivity contribution < 1.29 is 9.18 Å². The molecular formula is C17H15FN2OS2. The highest BCUT2D eigenvalue weighted by atomic mass is 32.1. The fourth-order valence-corrected chi connectivity index (χ4v) is 3.71. The first-order valence-corrected chi connectivity index (χ1v) is 8.87. The first-order valence-electron chi connectivity index (χ1n) is 7.11. The van der Waals surface area contributed by atoms with E-state index < -0.39 is 0 Å². The number of rotatable bonds is 5. The molecular weight excluding hydrogens is 331 g/mol. The summed E-state index contributed by atoms with van der Waals surface area (Å²) in [4.78, 5) is 17.7. The molecule has 3 aromatic rings. The highest BCUT2D eigenvalue weighted by Crippen LogP contribution is 2.26. The second-order valence-corrected chi connectivity index (χ2v) is 7.14. The Labute approximate surface area is 141 Å². The number of thiazole rings is 1. The Kier molecular flexibility index (Phi) is 4.83. The third-order valence-electron chi connectivity index (χ3n) is 3.34. The molecule has 1 atom stereocenters. The fourth-order valence-electron chi connectivity index (χ4n) is 2.30. The van der Waals surface area contributed by atoms with Gasteiger partial charge in [-0.3, -0.25) is 4.79 Å². The van der Waals surface area contributed by atoms with Gasteiger partial charge in [0.15, 0.2) is 0 Å². The van der Waals surface area contributed by atoms with E-state index in [1.54, 1.807) is 23.5 Å². The zero-order chi connectivity index (χ0) is 16.2. The van der Waals surface area contributed by atoms with Crippen LogP contribution in [0.2, 0.25) is 0 Å². The van der Waals surface area contributed by atoms with Gasteiger partial charge in [0, 0.05) is 10.3 Å². The lowest BCUT2D eigenvalue weighted by Crippen LogP contribution is -2.30. The Bertz CT molecular complexity index is 781. The van der Waals surface area contributed by atoms with Gasteiger partial charge in [-0.1, -0.05) is 18.2 Å². The summed E-state index contributed by atoms with van der Waals surface area (Å²) in [5.74, 6) is -0.388. The quantitative estimate of drug-likeness (QED) is 0.756. The third-order valence-corrected chi connectivity index (χ3v) is 5.10. The van der Waals surface area contributed by atoms with Crippen LogP contribution in [0.4, 0.5) is 4.39 Å².